The van der Waals surface area contributed by atoms with E-state index in [-0.39, 0.29) is 12.2 Å². The molecule has 2 aromatic rings. The molecule has 2 aromatic carbocycles. The molecule has 8 nitrogen and oxygen atoms in total. The Morgan fingerprint density at radius 3 is 2.67 bits per heavy atom. The second kappa shape index (κ2) is 6.37. The van der Waals surface area contributed by atoms with Gasteiger partial charge in [-0.3, -0.25) is 4.79 Å². The first-order chi connectivity index (χ1) is 11.6. The number of amides is 1. The number of para-hydroxylation sites is 2. The Labute approximate surface area is 136 Å². The maximum atomic E-state index is 12.0. The summed E-state index contributed by atoms with van der Waals surface area (Å²) in [6.07, 6.45) is 0.267. The van der Waals surface area contributed by atoms with E-state index in [9.17, 15) is 20.1 Å². The largest absolute Gasteiger partial charge is 0.504 e. The number of phenolic OH excluding ortho intramolecular Hbond substituents is 3. The monoisotopic (exact) mass is 330 g/mol. The Morgan fingerprint density at radius 1 is 1.12 bits per heavy atom. The van der Waals surface area contributed by atoms with Gasteiger partial charge < -0.3 is 24.8 Å². The highest BCUT2D eigenvalue weighted by molar-refractivity contribution is 5.88. The van der Waals surface area contributed by atoms with Gasteiger partial charge in [0.05, 0.1) is 6.21 Å². The number of fused-ring (bicyclic) bond motifs is 1. The quantitative estimate of drug-likeness (QED) is 0.380. The lowest BCUT2D eigenvalue weighted by Gasteiger charge is -2.24. The summed E-state index contributed by atoms with van der Waals surface area (Å²) in [4.78, 5) is 12.0. The predicted octanol–water partition coefficient (Wildman–Crippen LogP) is 1.09. The van der Waals surface area contributed by atoms with Gasteiger partial charge in [0, 0.05) is 5.56 Å². The number of phenols is 3. The molecule has 24 heavy (non-hydrogen) atoms. The molecule has 0 saturated heterocycles. The molecule has 0 spiro atoms. The highest BCUT2D eigenvalue weighted by atomic mass is 16.6. The summed E-state index contributed by atoms with van der Waals surface area (Å²) in [6, 6.07) is 9.51. The van der Waals surface area contributed by atoms with Crippen LogP contribution in [0.2, 0.25) is 0 Å². The normalized spacial score (nSPS) is 16.1. The summed E-state index contributed by atoms with van der Waals surface area (Å²) in [5, 5.41) is 32.0. The van der Waals surface area contributed by atoms with Gasteiger partial charge in [-0.25, -0.2) is 5.43 Å². The molecule has 1 atom stereocenters. The third-order valence-corrected chi connectivity index (χ3v) is 3.34. The SMILES string of the molecule is O=C(N/N=C/c1ccc(O)c(O)c1O)C1COc2ccccc2O1. The zero-order chi connectivity index (χ0) is 17.1. The smallest absolute Gasteiger partial charge is 0.284 e. The molecule has 1 aliphatic heterocycles. The van der Waals surface area contributed by atoms with Gasteiger partial charge in [0.2, 0.25) is 11.9 Å². The average molecular weight is 330 g/mol. The minimum Gasteiger partial charge on any atom is -0.504 e. The lowest BCUT2D eigenvalue weighted by molar-refractivity contribution is -0.130. The molecular formula is C16H14N2O6. The maximum absolute atomic E-state index is 12.0. The molecule has 0 saturated carbocycles. The van der Waals surface area contributed by atoms with Gasteiger partial charge in [-0.05, 0) is 24.3 Å². The Morgan fingerprint density at radius 2 is 1.88 bits per heavy atom. The van der Waals surface area contributed by atoms with Crippen LogP contribution in [-0.2, 0) is 4.79 Å². The van der Waals surface area contributed by atoms with E-state index in [4.69, 9.17) is 9.47 Å². The first-order valence-corrected chi connectivity index (χ1v) is 7.01. The van der Waals surface area contributed by atoms with Crippen LogP contribution >= 0.6 is 0 Å². The highest BCUT2D eigenvalue weighted by Gasteiger charge is 2.27. The topological polar surface area (TPSA) is 121 Å². The fraction of sp³-hybridized carbons (Fsp3) is 0.125. The number of nitrogens with one attached hydrogen (secondary N) is 1. The first kappa shape index (κ1) is 15.5. The van der Waals surface area contributed by atoms with Gasteiger partial charge >= 0.3 is 0 Å². The summed E-state index contributed by atoms with van der Waals surface area (Å²) in [5.41, 5.74) is 2.39. The van der Waals surface area contributed by atoms with E-state index in [1.54, 1.807) is 24.3 Å². The third kappa shape index (κ3) is 3.02. The molecular weight excluding hydrogens is 316 g/mol. The number of hydrogen-bond acceptors (Lipinski definition) is 7. The molecule has 1 unspecified atom stereocenters. The van der Waals surface area contributed by atoms with Crippen molar-refractivity contribution in [3.63, 3.8) is 0 Å². The van der Waals surface area contributed by atoms with E-state index in [2.05, 4.69) is 10.5 Å². The Kier molecular flexibility index (Phi) is 4.11. The van der Waals surface area contributed by atoms with E-state index in [1.165, 1.54) is 12.1 Å². The lowest BCUT2D eigenvalue weighted by Crippen LogP contribution is -2.42. The van der Waals surface area contributed by atoms with Crippen molar-refractivity contribution in [1.82, 2.24) is 5.43 Å². The summed E-state index contributed by atoms with van der Waals surface area (Å²) >= 11 is 0. The zero-order valence-corrected chi connectivity index (χ0v) is 12.3. The second-order valence-electron chi connectivity index (χ2n) is 4.97. The molecule has 124 valence electrons. The molecule has 1 heterocycles. The standard InChI is InChI=1S/C16H14N2O6/c19-10-6-5-9(14(20)15(10)21)7-17-18-16(22)13-8-23-11-3-1-2-4-12(11)24-13/h1-7,13,19-21H,8H2,(H,18,22)/b17-7+. The van der Waals surface area contributed by atoms with E-state index in [0.29, 0.717) is 11.5 Å². The number of rotatable bonds is 3. The van der Waals surface area contributed by atoms with Crippen LogP contribution in [0.15, 0.2) is 41.5 Å². The molecule has 8 heteroatoms. The summed E-state index contributed by atoms with van der Waals surface area (Å²) in [5.74, 6) is -1.16. The fourth-order valence-corrected chi connectivity index (χ4v) is 2.07. The molecule has 0 aromatic heterocycles. The number of ether oxygens (including phenoxy) is 2. The minimum atomic E-state index is -0.862. The first-order valence-electron chi connectivity index (χ1n) is 7.01. The van der Waals surface area contributed by atoms with Gasteiger partial charge in [-0.1, -0.05) is 12.1 Å². The Balaban J connectivity index is 1.63. The van der Waals surface area contributed by atoms with Crippen LogP contribution < -0.4 is 14.9 Å². The van der Waals surface area contributed by atoms with Crippen molar-refractivity contribution in [3.8, 4) is 28.7 Å². The molecule has 1 amide bonds. The number of hydrogen-bond donors (Lipinski definition) is 4. The maximum Gasteiger partial charge on any atom is 0.284 e. The van der Waals surface area contributed by atoms with Crippen molar-refractivity contribution in [2.45, 2.75) is 6.10 Å². The van der Waals surface area contributed by atoms with E-state index >= 15 is 0 Å². The van der Waals surface area contributed by atoms with Crippen LogP contribution in [0, 0.1) is 0 Å². The van der Waals surface area contributed by atoms with Crippen molar-refractivity contribution in [3.05, 3.63) is 42.0 Å². The average Bonchev–Trinajstić information content (AvgIpc) is 2.61. The number of nitrogens with zero attached hydrogens (tertiary/aromatic N) is 1. The van der Waals surface area contributed by atoms with Crippen LogP contribution in [0.25, 0.3) is 0 Å². The summed E-state index contributed by atoms with van der Waals surface area (Å²) in [7, 11) is 0. The minimum absolute atomic E-state index is 0.0453. The van der Waals surface area contributed by atoms with Crippen molar-refractivity contribution < 1.29 is 29.6 Å². The zero-order valence-electron chi connectivity index (χ0n) is 12.3. The van der Waals surface area contributed by atoms with Gasteiger partial charge in [0.25, 0.3) is 5.91 Å². The summed E-state index contributed by atoms with van der Waals surface area (Å²) < 4.78 is 11.0. The van der Waals surface area contributed by atoms with Crippen molar-refractivity contribution in [2.24, 2.45) is 5.10 Å². The summed E-state index contributed by atoms with van der Waals surface area (Å²) in [6.45, 7) is 0.0453. The Hall–Kier alpha value is -3.42. The van der Waals surface area contributed by atoms with Gasteiger partial charge in [-0.2, -0.15) is 5.10 Å². The van der Waals surface area contributed by atoms with Crippen molar-refractivity contribution in [1.29, 1.82) is 0 Å². The Bertz CT molecular complexity index is 805. The van der Waals surface area contributed by atoms with Crippen LogP contribution in [0.1, 0.15) is 5.56 Å². The van der Waals surface area contributed by atoms with Crippen LogP contribution in [0.4, 0.5) is 0 Å². The van der Waals surface area contributed by atoms with Crippen LogP contribution in [0.5, 0.6) is 28.7 Å². The molecule has 3 rings (SSSR count). The van der Waals surface area contributed by atoms with Crippen LogP contribution in [0.3, 0.4) is 0 Å². The third-order valence-electron chi connectivity index (χ3n) is 3.34. The van der Waals surface area contributed by atoms with Gasteiger partial charge in [0.15, 0.2) is 23.0 Å². The number of aromatic hydroxyl groups is 3. The molecule has 0 bridgehead atoms. The number of carbonyl (C=O) groups excluding carboxylic acids is 1. The lowest BCUT2D eigenvalue weighted by atomic mass is 10.2. The van der Waals surface area contributed by atoms with Crippen molar-refractivity contribution in [2.75, 3.05) is 6.61 Å². The van der Waals surface area contributed by atoms with Gasteiger partial charge in [0.1, 0.15) is 6.61 Å². The van der Waals surface area contributed by atoms with E-state index in [0.717, 1.165) is 6.21 Å². The fourth-order valence-electron chi connectivity index (χ4n) is 2.07. The molecule has 1 aliphatic rings. The molecule has 0 aliphatic carbocycles. The number of benzene rings is 2. The molecule has 4 N–H and O–H groups in total. The van der Waals surface area contributed by atoms with Gasteiger partial charge in [-0.15, -0.1) is 0 Å². The molecule has 0 fully saturated rings. The highest BCUT2D eigenvalue weighted by Crippen LogP contribution is 2.36. The predicted molar refractivity (Wildman–Crippen MR) is 83.5 cm³/mol. The van der Waals surface area contributed by atoms with E-state index in [1.807, 2.05) is 0 Å². The van der Waals surface area contributed by atoms with Crippen molar-refractivity contribution >= 4 is 12.1 Å². The second-order valence-corrected chi connectivity index (χ2v) is 4.97. The number of carbonyl (C=O) groups is 1. The van der Waals surface area contributed by atoms with E-state index < -0.39 is 29.3 Å². The molecule has 0 radical (unpaired) electrons. The number of hydrazone groups is 1. The van der Waals surface area contributed by atoms with Crippen LogP contribution in [-0.4, -0.2) is 40.2 Å².